The molecule has 98 valence electrons. The topological polar surface area (TPSA) is 32.3 Å². The van der Waals surface area contributed by atoms with E-state index in [9.17, 15) is 4.79 Å². The van der Waals surface area contributed by atoms with Crippen molar-refractivity contribution in [2.45, 2.75) is 71.4 Å². The molecule has 1 amide bonds. The Morgan fingerprint density at radius 3 is 2.59 bits per heavy atom. The monoisotopic (exact) mass is 238 g/mol. The van der Waals surface area contributed by atoms with E-state index in [4.69, 9.17) is 0 Å². The van der Waals surface area contributed by atoms with Gasteiger partial charge in [0, 0.05) is 6.04 Å². The van der Waals surface area contributed by atoms with Crippen molar-refractivity contribution < 1.29 is 4.79 Å². The Balaban J connectivity index is 2.16. The molecular weight excluding hydrogens is 212 g/mol. The Morgan fingerprint density at radius 2 is 2.06 bits per heavy atom. The zero-order chi connectivity index (χ0) is 12.7. The van der Waals surface area contributed by atoms with Gasteiger partial charge in [0.1, 0.15) is 0 Å². The van der Waals surface area contributed by atoms with Gasteiger partial charge in [-0.15, -0.1) is 0 Å². The van der Waals surface area contributed by atoms with E-state index in [2.05, 4.69) is 31.0 Å². The molecule has 1 saturated heterocycles. The van der Waals surface area contributed by atoms with Crippen molar-refractivity contribution >= 4 is 5.91 Å². The van der Waals surface area contributed by atoms with Crippen molar-refractivity contribution in [3.63, 3.8) is 0 Å². The SMILES string of the molecule is CCC1(C)NCN(C2CCCCC2(C)C)C1=O. The first-order chi connectivity index (χ1) is 7.91. The molecule has 2 aliphatic rings. The molecule has 0 spiro atoms. The first-order valence-electron chi connectivity index (χ1n) is 6.97. The van der Waals surface area contributed by atoms with E-state index in [1.54, 1.807) is 0 Å². The maximum absolute atomic E-state index is 12.5. The maximum atomic E-state index is 12.5. The highest BCUT2D eigenvalue weighted by Gasteiger charge is 2.47. The second-order valence-electron chi connectivity index (χ2n) is 6.55. The molecule has 1 saturated carbocycles. The van der Waals surface area contributed by atoms with Gasteiger partial charge in [0.2, 0.25) is 5.91 Å². The molecule has 1 N–H and O–H groups in total. The minimum Gasteiger partial charge on any atom is -0.325 e. The van der Waals surface area contributed by atoms with Crippen LogP contribution in [0.15, 0.2) is 0 Å². The molecule has 0 aromatic rings. The second-order valence-corrected chi connectivity index (χ2v) is 6.55. The Kier molecular flexibility index (Phi) is 3.23. The number of rotatable bonds is 2. The average Bonchev–Trinajstić information content (AvgIpc) is 2.57. The normalized spacial score (nSPS) is 37.5. The van der Waals surface area contributed by atoms with Gasteiger partial charge < -0.3 is 4.90 Å². The average molecular weight is 238 g/mol. The molecule has 2 rings (SSSR count). The third-order valence-electron chi connectivity index (χ3n) is 4.91. The number of hydrogen-bond donors (Lipinski definition) is 1. The number of carbonyl (C=O) groups excluding carboxylic acids is 1. The van der Waals surface area contributed by atoms with E-state index in [1.165, 1.54) is 25.7 Å². The maximum Gasteiger partial charge on any atom is 0.243 e. The van der Waals surface area contributed by atoms with E-state index in [-0.39, 0.29) is 11.0 Å². The van der Waals surface area contributed by atoms with Gasteiger partial charge in [-0.3, -0.25) is 10.1 Å². The van der Waals surface area contributed by atoms with Gasteiger partial charge in [0.25, 0.3) is 0 Å². The molecule has 0 bridgehead atoms. The summed E-state index contributed by atoms with van der Waals surface area (Å²) in [5, 5.41) is 3.39. The van der Waals surface area contributed by atoms with Crippen molar-refractivity contribution in [3.8, 4) is 0 Å². The predicted octanol–water partition coefficient (Wildman–Crippen LogP) is 2.51. The molecule has 3 nitrogen and oxygen atoms in total. The fraction of sp³-hybridized carbons (Fsp3) is 0.929. The zero-order valence-electron chi connectivity index (χ0n) is 11.7. The summed E-state index contributed by atoms with van der Waals surface area (Å²) in [6.45, 7) is 9.47. The lowest BCUT2D eigenvalue weighted by molar-refractivity contribution is -0.137. The Hall–Kier alpha value is -0.570. The van der Waals surface area contributed by atoms with Gasteiger partial charge in [0.15, 0.2) is 0 Å². The van der Waals surface area contributed by atoms with Crippen molar-refractivity contribution in [1.29, 1.82) is 0 Å². The minimum atomic E-state index is -0.326. The van der Waals surface area contributed by atoms with E-state index in [0.29, 0.717) is 11.9 Å². The van der Waals surface area contributed by atoms with E-state index >= 15 is 0 Å². The van der Waals surface area contributed by atoms with Crippen LogP contribution in [0.1, 0.15) is 59.8 Å². The second kappa shape index (κ2) is 4.27. The minimum absolute atomic E-state index is 0.272. The van der Waals surface area contributed by atoms with Gasteiger partial charge in [-0.25, -0.2) is 0 Å². The quantitative estimate of drug-likeness (QED) is 0.801. The van der Waals surface area contributed by atoms with Gasteiger partial charge in [-0.1, -0.05) is 33.6 Å². The van der Waals surface area contributed by atoms with Gasteiger partial charge in [-0.2, -0.15) is 0 Å². The predicted molar refractivity (Wildman–Crippen MR) is 69.6 cm³/mol. The summed E-state index contributed by atoms with van der Waals surface area (Å²) in [5.74, 6) is 0.306. The van der Waals surface area contributed by atoms with Gasteiger partial charge in [0.05, 0.1) is 12.2 Å². The molecule has 1 aliphatic carbocycles. The van der Waals surface area contributed by atoms with Crippen molar-refractivity contribution in [2.75, 3.05) is 6.67 Å². The third kappa shape index (κ3) is 2.10. The van der Waals surface area contributed by atoms with Crippen LogP contribution in [-0.2, 0) is 4.79 Å². The summed E-state index contributed by atoms with van der Waals surface area (Å²) in [5.41, 5.74) is -0.0535. The summed E-state index contributed by atoms with van der Waals surface area (Å²) in [6, 6.07) is 0.421. The van der Waals surface area contributed by atoms with Crippen LogP contribution in [0.3, 0.4) is 0 Å². The first-order valence-corrected chi connectivity index (χ1v) is 6.97. The molecule has 17 heavy (non-hydrogen) atoms. The van der Waals surface area contributed by atoms with E-state index in [1.807, 2.05) is 6.92 Å². The largest absolute Gasteiger partial charge is 0.325 e. The molecule has 1 heterocycles. The number of nitrogens with one attached hydrogen (secondary N) is 1. The van der Waals surface area contributed by atoms with E-state index in [0.717, 1.165) is 13.1 Å². The molecule has 2 fully saturated rings. The zero-order valence-corrected chi connectivity index (χ0v) is 11.7. The Labute approximate surface area is 105 Å². The third-order valence-corrected chi connectivity index (χ3v) is 4.91. The van der Waals surface area contributed by atoms with Crippen LogP contribution >= 0.6 is 0 Å². The van der Waals surface area contributed by atoms with Crippen LogP contribution in [0.4, 0.5) is 0 Å². The fourth-order valence-electron chi connectivity index (χ4n) is 3.31. The lowest BCUT2D eigenvalue weighted by Gasteiger charge is -2.43. The van der Waals surface area contributed by atoms with Crippen LogP contribution < -0.4 is 5.32 Å². The molecule has 2 unspecified atom stereocenters. The smallest absolute Gasteiger partial charge is 0.243 e. The van der Waals surface area contributed by atoms with Gasteiger partial charge >= 0.3 is 0 Å². The van der Waals surface area contributed by atoms with Crippen molar-refractivity contribution in [3.05, 3.63) is 0 Å². The van der Waals surface area contributed by atoms with E-state index < -0.39 is 0 Å². The van der Waals surface area contributed by atoms with Crippen LogP contribution in [0.25, 0.3) is 0 Å². The summed E-state index contributed by atoms with van der Waals surface area (Å²) in [7, 11) is 0. The lowest BCUT2D eigenvalue weighted by Crippen LogP contribution is -2.50. The van der Waals surface area contributed by atoms with Crippen LogP contribution in [0.2, 0.25) is 0 Å². The fourth-order valence-corrected chi connectivity index (χ4v) is 3.31. The highest BCUT2D eigenvalue weighted by atomic mass is 16.2. The van der Waals surface area contributed by atoms with Crippen LogP contribution in [-0.4, -0.2) is 29.1 Å². The number of hydrogen-bond acceptors (Lipinski definition) is 2. The highest BCUT2D eigenvalue weighted by Crippen LogP contribution is 2.40. The molecule has 0 aromatic carbocycles. The van der Waals surface area contributed by atoms with Crippen LogP contribution in [0.5, 0.6) is 0 Å². The number of amides is 1. The molecular formula is C14H26N2O. The van der Waals surface area contributed by atoms with Crippen molar-refractivity contribution in [1.82, 2.24) is 10.2 Å². The van der Waals surface area contributed by atoms with Gasteiger partial charge in [-0.05, 0) is 31.6 Å². The molecule has 0 radical (unpaired) electrons. The molecule has 3 heteroatoms. The Bertz CT molecular complexity index is 313. The highest BCUT2D eigenvalue weighted by molar-refractivity contribution is 5.88. The van der Waals surface area contributed by atoms with Crippen molar-refractivity contribution in [2.24, 2.45) is 5.41 Å². The summed E-state index contributed by atoms with van der Waals surface area (Å²) in [4.78, 5) is 14.6. The molecule has 2 atom stereocenters. The number of nitrogens with zero attached hydrogens (tertiary/aromatic N) is 1. The molecule has 1 aliphatic heterocycles. The molecule has 0 aromatic heterocycles. The summed E-state index contributed by atoms with van der Waals surface area (Å²) in [6.07, 6.45) is 5.85. The Morgan fingerprint density at radius 1 is 1.35 bits per heavy atom. The lowest BCUT2D eigenvalue weighted by atomic mass is 9.72. The summed E-state index contributed by atoms with van der Waals surface area (Å²) < 4.78 is 0. The summed E-state index contributed by atoms with van der Waals surface area (Å²) >= 11 is 0. The van der Waals surface area contributed by atoms with Crippen LogP contribution in [0, 0.1) is 5.41 Å². The number of carbonyl (C=O) groups is 1. The standard InChI is InChI=1S/C14H26N2O/c1-5-14(4)12(17)16(10-15-14)11-8-6-7-9-13(11,2)3/h11,15H,5-10H2,1-4H3. The first kappa shape index (κ1) is 12.9.